The lowest BCUT2D eigenvalue weighted by Crippen LogP contribution is -2.43. The van der Waals surface area contributed by atoms with Gasteiger partial charge in [0.2, 0.25) is 0 Å². The van der Waals surface area contributed by atoms with Crippen molar-refractivity contribution in [3.63, 3.8) is 0 Å². The van der Waals surface area contributed by atoms with Gasteiger partial charge in [0.1, 0.15) is 5.72 Å². The van der Waals surface area contributed by atoms with E-state index in [-0.39, 0.29) is 5.72 Å². The van der Waals surface area contributed by atoms with Crippen molar-refractivity contribution in [3.8, 4) is 0 Å². The van der Waals surface area contributed by atoms with Crippen LogP contribution in [0.15, 0.2) is 0 Å². The second kappa shape index (κ2) is 2.67. The maximum atomic E-state index is 5.84. The normalized spacial score (nSPS) is 26.0. The van der Waals surface area contributed by atoms with Gasteiger partial charge in [-0.3, -0.25) is 0 Å². The summed E-state index contributed by atoms with van der Waals surface area (Å²) in [6.45, 7) is 0. The molecule has 0 aromatic heterocycles. The third-order valence-corrected chi connectivity index (χ3v) is 2.11. The predicted molar refractivity (Wildman–Crippen MR) is 37.0 cm³/mol. The van der Waals surface area contributed by atoms with Crippen molar-refractivity contribution < 1.29 is 4.74 Å². The van der Waals surface area contributed by atoms with Crippen molar-refractivity contribution in [1.29, 1.82) is 0 Å². The Morgan fingerprint density at radius 2 is 1.78 bits per heavy atom. The van der Waals surface area contributed by atoms with Crippen LogP contribution in [0.5, 0.6) is 0 Å². The summed E-state index contributed by atoms with van der Waals surface area (Å²) in [5, 5.41) is 0. The van der Waals surface area contributed by atoms with Crippen molar-refractivity contribution >= 4 is 0 Å². The van der Waals surface area contributed by atoms with Gasteiger partial charge in [0.25, 0.3) is 0 Å². The highest BCUT2D eigenvalue weighted by molar-refractivity contribution is 4.76. The first-order valence-corrected chi connectivity index (χ1v) is 3.61. The molecule has 0 saturated heterocycles. The van der Waals surface area contributed by atoms with Gasteiger partial charge in [-0.15, -0.1) is 0 Å². The van der Waals surface area contributed by atoms with E-state index < -0.39 is 0 Å². The Balaban J connectivity index is 2.37. The van der Waals surface area contributed by atoms with Crippen molar-refractivity contribution in [2.24, 2.45) is 5.73 Å². The monoisotopic (exact) mass is 129 g/mol. The molecule has 0 amide bonds. The molecule has 0 unspecified atom stereocenters. The van der Waals surface area contributed by atoms with Gasteiger partial charge in [-0.2, -0.15) is 0 Å². The summed E-state index contributed by atoms with van der Waals surface area (Å²) >= 11 is 0. The van der Waals surface area contributed by atoms with Crippen LogP contribution in [0.3, 0.4) is 0 Å². The Morgan fingerprint density at radius 3 is 2.11 bits per heavy atom. The first-order valence-electron chi connectivity index (χ1n) is 3.61. The molecule has 2 N–H and O–H groups in total. The average Bonchev–Trinajstić information content (AvgIpc) is 1.90. The van der Waals surface area contributed by atoms with Crippen LogP contribution in [-0.2, 0) is 4.74 Å². The van der Waals surface area contributed by atoms with E-state index >= 15 is 0 Å². The lowest BCUT2D eigenvalue weighted by Gasteiger charge is -2.31. The van der Waals surface area contributed by atoms with E-state index in [9.17, 15) is 0 Å². The van der Waals surface area contributed by atoms with E-state index in [4.69, 9.17) is 10.5 Å². The summed E-state index contributed by atoms with van der Waals surface area (Å²) in [4.78, 5) is 0. The molecule has 0 aromatic rings. The standard InChI is InChI=1S/C7H15NO/c1-9-7(8)5-3-2-4-6-7/h2-6,8H2,1H3. The second-order valence-electron chi connectivity index (χ2n) is 2.83. The van der Waals surface area contributed by atoms with Gasteiger partial charge in [-0.25, -0.2) is 0 Å². The van der Waals surface area contributed by atoms with Gasteiger partial charge in [-0.05, 0) is 25.7 Å². The minimum Gasteiger partial charge on any atom is -0.364 e. The molecule has 0 radical (unpaired) electrons. The van der Waals surface area contributed by atoms with E-state index in [1.165, 1.54) is 19.3 Å². The summed E-state index contributed by atoms with van der Waals surface area (Å²) in [7, 11) is 1.70. The van der Waals surface area contributed by atoms with Crippen LogP contribution >= 0.6 is 0 Å². The van der Waals surface area contributed by atoms with E-state index in [0.29, 0.717) is 0 Å². The van der Waals surface area contributed by atoms with Crippen molar-refractivity contribution in [1.82, 2.24) is 0 Å². The number of hydrogen-bond acceptors (Lipinski definition) is 2. The minimum absolute atomic E-state index is 0.280. The van der Waals surface area contributed by atoms with Crippen LogP contribution in [0.25, 0.3) is 0 Å². The van der Waals surface area contributed by atoms with E-state index in [0.717, 1.165) is 12.8 Å². The van der Waals surface area contributed by atoms with Crippen LogP contribution in [0.1, 0.15) is 32.1 Å². The molecule has 0 aromatic carbocycles. The highest BCUT2D eigenvalue weighted by atomic mass is 16.5. The lowest BCUT2D eigenvalue weighted by atomic mass is 9.92. The summed E-state index contributed by atoms with van der Waals surface area (Å²) in [6, 6.07) is 0. The molecule has 2 heteroatoms. The Hall–Kier alpha value is -0.0800. The largest absolute Gasteiger partial charge is 0.364 e. The number of ether oxygens (including phenoxy) is 1. The summed E-state index contributed by atoms with van der Waals surface area (Å²) in [5.74, 6) is 0. The Labute approximate surface area is 56.4 Å². The maximum absolute atomic E-state index is 5.84. The number of nitrogens with two attached hydrogens (primary N) is 1. The van der Waals surface area contributed by atoms with Gasteiger partial charge < -0.3 is 10.5 Å². The van der Waals surface area contributed by atoms with E-state index in [1.807, 2.05) is 0 Å². The third kappa shape index (κ3) is 1.66. The molecule has 0 aliphatic heterocycles. The van der Waals surface area contributed by atoms with E-state index in [1.54, 1.807) is 7.11 Å². The van der Waals surface area contributed by atoms with Gasteiger partial charge in [0, 0.05) is 7.11 Å². The Kier molecular flexibility index (Phi) is 2.09. The number of hydrogen-bond donors (Lipinski definition) is 1. The molecule has 0 bridgehead atoms. The first-order chi connectivity index (χ1) is 4.27. The summed E-state index contributed by atoms with van der Waals surface area (Å²) < 4.78 is 5.16. The maximum Gasteiger partial charge on any atom is 0.116 e. The molecule has 1 fully saturated rings. The highest BCUT2D eigenvalue weighted by Gasteiger charge is 2.25. The molecule has 2 nitrogen and oxygen atoms in total. The molecule has 54 valence electrons. The SMILES string of the molecule is COC1(N)CCCCC1. The van der Waals surface area contributed by atoms with Crippen LogP contribution in [-0.4, -0.2) is 12.8 Å². The van der Waals surface area contributed by atoms with Gasteiger partial charge in [0.15, 0.2) is 0 Å². The Bertz CT molecular complexity index is 86.9. The van der Waals surface area contributed by atoms with E-state index in [2.05, 4.69) is 0 Å². The third-order valence-electron chi connectivity index (χ3n) is 2.11. The molecule has 1 saturated carbocycles. The summed E-state index contributed by atoms with van der Waals surface area (Å²) in [5.41, 5.74) is 5.56. The molecule has 1 rings (SSSR count). The fourth-order valence-electron chi connectivity index (χ4n) is 1.35. The second-order valence-corrected chi connectivity index (χ2v) is 2.83. The molecule has 0 spiro atoms. The highest BCUT2D eigenvalue weighted by Crippen LogP contribution is 2.25. The Morgan fingerprint density at radius 1 is 1.22 bits per heavy atom. The van der Waals surface area contributed by atoms with Crippen LogP contribution in [0, 0.1) is 0 Å². The fourth-order valence-corrected chi connectivity index (χ4v) is 1.35. The molecule has 1 aliphatic rings. The van der Waals surface area contributed by atoms with Crippen LogP contribution < -0.4 is 5.73 Å². The molecular formula is C7H15NO. The summed E-state index contributed by atoms with van der Waals surface area (Å²) in [6.07, 6.45) is 5.84. The molecule has 1 aliphatic carbocycles. The zero-order valence-corrected chi connectivity index (χ0v) is 6.02. The van der Waals surface area contributed by atoms with Crippen LogP contribution in [0.2, 0.25) is 0 Å². The zero-order valence-electron chi connectivity index (χ0n) is 6.02. The average molecular weight is 129 g/mol. The molecular weight excluding hydrogens is 114 g/mol. The molecule has 0 atom stereocenters. The molecule has 9 heavy (non-hydrogen) atoms. The number of methoxy groups -OCH3 is 1. The smallest absolute Gasteiger partial charge is 0.116 e. The lowest BCUT2D eigenvalue weighted by molar-refractivity contribution is -0.0338. The van der Waals surface area contributed by atoms with Crippen molar-refractivity contribution in [2.75, 3.05) is 7.11 Å². The zero-order chi connectivity index (χ0) is 6.74. The van der Waals surface area contributed by atoms with Gasteiger partial charge in [-0.1, -0.05) is 6.42 Å². The number of rotatable bonds is 1. The molecule has 0 heterocycles. The van der Waals surface area contributed by atoms with Crippen molar-refractivity contribution in [2.45, 2.75) is 37.8 Å². The fraction of sp³-hybridized carbons (Fsp3) is 1.00. The minimum atomic E-state index is -0.280. The van der Waals surface area contributed by atoms with Gasteiger partial charge in [0.05, 0.1) is 0 Å². The van der Waals surface area contributed by atoms with Crippen molar-refractivity contribution in [3.05, 3.63) is 0 Å². The topological polar surface area (TPSA) is 35.2 Å². The van der Waals surface area contributed by atoms with Gasteiger partial charge >= 0.3 is 0 Å². The quantitative estimate of drug-likeness (QED) is 0.541. The van der Waals surface area contributed by atoms with Crippen LogP contribution in [0.4, 0.5) is 0 Å². The predicted octanol–water partition coefficient (Wildman–Crippen LogP) is 1.25. The first kappa shape index (κ1) is 7.03.